The summed E-state index contributed by atoms with van der Waals surface area (Å²) in [5.74, 6) is -0.884. The number of hydrogen-bond donors (Lipinski definition) is 1. The van der Waals surface area contributed by atoms with Crippen molar-refractivity contribution in [2.75, 3.05) is 5.32 Å². The predicted octanol–water partition coefficient (Wildman–Crippen LogP) is 3.26. The van der Waals surface area contributed by atoms with Crippen molar-refractivity contribution < 1.29 is 9.18 Å². The van der Waals surface area contributed by atoms with Crippen LogP contribution in [0.2, 0.25) is 0 Å². The minimum absolute atomic E-state index is 0.0893. The van der Waals surface area contributed by atoms with Crippen LogP contribution in [-0.2, 0) is 7.05 Å². The number of pyridine rings is 1. The van der Waals surface area contributed by atoms with E-state index in [1.165, 1.54) is 40.4 Å². The molecule has 0 bridgehead atoms. The van der Waals surface area contributed by atoms with Crippen LogP contribution in [0, 0.1) is 17.1 Å². The van der Waals surface area contributed by atoms with E-state index in [1.807, 2.05) is 0 Å². The van der Waals surface area contributed by atoms with Gasteiger partial charge in [0.05, 0.1) is 5.56 Å². The summed E-state index contributed by atoms with van der Waals surface area (Å²) in [4.78, 5) is 22.6. The maximum absolute atomic E-state index is 13.2. The molecule has 0 saturated carbocycles. The molecule has 0 fully saturated rings. The quantitative estimate of drug-likeness (QED) is 0.558. The number of amides is 1. The number of nitrogens with zero attached hydrogens (tertiary/aromatic N) is 6. The number of aromatic nitrogens is 5. The highest BCUT2D eigenvalue weighted by Gasteiger charge is 2.21. The topological polar surface area (TPSA) is 109 Å². The summed E-state index contributed by atoms with van der Waals surface area (Å²) < 4.78 is 13.2. The SMILES string of the molecule is Cn1nc(C(=O)Nc2nc(-c3ncccc3C#N)cs2)c(-c2ccc(F)cc2)n1. The number of nitrogens with one attached hydrogen (secondary N) is 1. The number of aryl methyl sites for hydroxylation is 1. The lowest BCUT2D eigenvalue weighted by molar-refractivity contribution is 0.102. The van der Waals surface area contributed by atoms with Crippen molar-refractivity contribution in [3.8, 4) is 28.7 Å². The van der Waals surface area contributed by atoms with Crippen molar-refractivity contribution in [3.05, 3.63) is 65.0 Å². The number of halogens is 1. The van der Waals surface area contributed by atoms with Crippen molar-refractivity contribution in [1.29, 1.82) is 5.26 Å². The molecule has 0 aliphatic carbocycles. The molecule has 0 aliphatic rings. The number of rotatable bonds is 4. The molecule has 3 aromatic heterocycles. The number of carbonyl (C=O) groups excluding carboxylic acids is 1. The lowest BCUT2D eigenvalue weighted by Gasteiger charge is -2.02. The zero-order valence-corrected chi connectivity index (χ0v) is 15.8. The first kappa shape index (κ1) is 18.4. The molecule has 0 atom stereocenters. The van der Waals surface area contributed by atoms with Crippen molar-refractivity contribution >= 4 is 22.4 Å². The summed E-state index contributed by atoms with van der Waals surface area (Å²) in [6.07, 6.45) is 1.57. The van der Waals surface area contributed by atoms with E-state index >= 15 is 0 Å². The van der Waals surface area contributed by atoms with Crippen molar-refractivity contribution in [3.63, 3.8) is 0 Å². The van der Waals surface area contributed by atoms with E-state index in [4.69, 9.17) is 0 Å². The van der Waals surface area contributed by atoms with Crippen LogP contribution < -0.4 is 5.32 Å². The molecule has 3 heterocycles. The third-order valence-corrected chi connectivity index (χ3v) is 4.70. The Balaban J connectivity index is 1.61. The van der Waals surface area contributed by atoms with Gasteiger partial charge in [0.15, 0.2) is 10.8 Å². The van der Waals surface area contributed by atoms with Crippen LogP contribution in [0.1, 0.15) is 16.1 Å². The Morgan fingerprint density at radius 3 is 2.76 bits per heavy atom. The summed E-state index contributed by atoms with van der Waals surface area (Å²) in [5, 5.41) is 22.3. The minimum atomic E-state index is -0.500. The molecule has 0 unspecified atom stereocenters. The Labute approximate surface area is 168 Å². The monoisotopic (exact) mass is 405 g/mol. The fraction of sp³-hybridized carbons (Fsp3) is 0.0526. The molecule has 0 saturated heterocycles. The Bertz CT molecular complexity index is 1240. The van der Waals surface area contributed by atoms with Gasteiger partial charge in [0, 0.05) is 24.2 Å². The fourth-order valence-electron chi connectivity index (χ4n) is 2.66. The number of hydrogen-bond acceptors (Lipinski definition) is 7. The van der Waals surface area contributed by atoms with Crippen LogP contribution in [0.4, 0.5) is 9.52 Å². The minimum Gasteiger partial charge on any atom is -0.296 e. The standard InChI is InChI=1S/C19H12FN7OS/c1-27-25-16(11-4-6-13(20)7-5-11)17(26-27)18(28)24-19-23-14(10-29-19)15-12(9-21)3-2-8-22-15/h2-8,10H,1H3,(H,23,24,28). The normalized spacial score (nSPS) is 10.5. The Morgan fingerprint density at radius 2 is 2.00 bits per heavy atom. The Kier molecular flexibility index (Phi) is 4.80. The van der Waals surface area contributed by atoms with Crippen LogP contribution in [0.25, 0.3) is 22.6 Å². The predicted molar refractivity (Wildman–Crippen MR) is 104 cm³/mol. The first-order chi connectivity index (χ1) is 14.0. The smallest absolute Gasteiger partial charge is 0.280 e. The molecule has 10 heteroatoms. The number of benzene rings is 1. The molecule has 142 valence electrons. The average Bonchev–Trinajstić information content (AvgIpc) is 3.35. The molecule has 1 aromatic carbocycles. The average molecular weight is 405 g/mol. The molecule has 0 spiro atoms. The number of carbonyl (C=O) groups is 1. The molecular weight excluding hydrogens is 393 g/mol. The van der Waals surface area contributed by atoms with E-state index < -0.39 is 5.91 Å². The van der Waals surface area contributed by atoms with Gasteiger partial charge in [-0.25, -0.2) is 9.37 Å². The van der Waals surface area contributed by atoms with Gasteiger partial charge in [-0.1, -0.05) is 0 Å². The summed E-state index contributed by atoms with van der Waals surface area (Å²) in [6, 6.07) is 11.0. The zero-order valence-electron chi connectivity index (χ0n) is 15.0. The molecule has 0 radical (unpaired) electrons. The highest BCUT2D eigenvalue weighted by Crippen LogP contribution is 2.27. The van der Waals surface area contributed by atoms with Crippen LogP contribution >= 0.6 is 11.3 Å². The molecule has 4 aromatic rings. The second-order valence-corrected chi connectivity index (χ2v) is 6.76. The molecule has 1 N–H and O–H groups in total. The third-order valence-electron chi connectivity index (χ3n) is 3.94. The summed E-state index contributed by atoms with van der Waals surface area (Å²) in [7, 11) is 1.59. The first-order valence-corrected chi connectivity index (χ1v) is 9.23. The number of thiazole rings is 1. The van der Waals surface area contributed by atoms with Crippen LogP contribution in [0.5, 0.6) is 0 Å². The Morgan fingerprint density at radius 1 is 1.21 bits per heavy atom. The van der Waals surface area contributed by atoms with E-state index in [9.17, 15) is 14.4 Å². The number of anilines is 1. The highest BCUT2D eigenvalue weighted by atomic mass is 32.1. The maximum atomic E-state index is 13.2. The van der Waals surface area contributed by atoms with Gasteiger partial charge in [0.1, 0.15) is 29.0 Å². The molecular formula is C19H12FN7OS. The van der Waals surface area contributed by atoms with Gasteiger partial charge in [0.25, 0.3) is 5.91 Å². The van der Waals surface area contributed by atoms with Gasteiger partial charge in [0.2, 0.25) is 0 Å². The maximum Gasteiger partial charge on any atom is 0.280 e. The van der Waals surface area contributed by atoms with Crippen molar-refractivity contribution in [2.45, 2.75) is 0 Å². The van der Waals surface area contributed by atoms with E-state index in [2.05, 4.69) is 31.6 Å². The van der Waals surface area contributed by atoms with Crippen LogP contribution in [0.15, 0.2) is 48.0 Å². The second-order valence-electron chi connectivity index (χ2n) is 5.90. The summed E-state index contributed by atoms with van der Waals surface area (Å²) >= 11 is 1.20. The molecule has 1 amide bonds. The largest absolute Gasteiger partial charge is 0.296 e. The fourth-order valence-corrected chi connectivity index (χ4v) is 3.35. The van der Waals surface area contributed by atoms with Crippen LogP contribution in [0.3, 0.4) is 0 Å². The van der Waals surface area contributed by atoms with Gasteiger partial charge in [-0.05, 0) is 36.4 Å². The second kappa shape index (κ2) is 7.57. The molecule has 29 heavy (non-hydrogen) atoms. The van der Waals surface area contributed by atoms with Gasteiger partial charge < -0.3 is 0 Å². The first-order valence-electron chi connectivity index (χ1n) is 8.35. The lowest BCUT2D eigenvalue weighted by atomic mass is 10.1. The zero-order chi connectivity index (χ0) is 20.4. The van der Waals surface area contributed by atoms with Crippen molar-refractivity contribution in [1.82, 2.24) is 25.0 Å². The van der Waals surface area contributed by atoms with E-state index in [-0.39, 0.29) is 11.5 Å². The van der Waals surface area contributed by atoms with Gasteiger partial charge in [-0.3, -0.25) is 15.1 Å². The van der Waals surface area contributed by atoms with E-state index in [0.717, 1.165) is 0 Å². The number of nitriles is 1. The highest BCUT2D eigenvalue weighted by molar-refractivity contribution is 7.14. The van der Waals surface area contributed by atoms with Gasteiger partial charge in [-0.15, -0.1) is 16.4 Å². The van der Waals surface area contributed by atoms with Gasteiger partial charge in [-0.2, -0.15) is 15.2 Å². The van der Waals surface area contributed by atoms with E-state index in [1.54, 1.807) is 30.8 Å². The molecule has 0 aliphatic heterocycles. The molecule has 4 rings (SSSR count). The van der Waals surface area contributed by atoms with Crippen LogP contribution in [-0.4, -0.2) is 30.9 Å². The lowest BCUT2D eigenvalue weighted by Crippen LogP contribution is -2.14. The molecule has 8 nitrogen and oxygen atoms in total. The van der Waals surface area contributed by atoms with Gasteiger partial charge >= 0.3 is 0 Å². The summed E-state index contributed by atoms with van der Waals surface area (Å²) in [5.41, 5.74) is 2.31. The van der Waals surface area contributed by atoms with Crippen molar-refractivity contribution in [2.24, 2.45) is 7.05 Å². The summed E-state index contributed by atoms with van der Waals surface area (Å²) in [6.45, 7) is 0. The van der Waals surface area contributed by atoms with E-state index in [0.29, 0.717) is 33.3 Å². The Hall–Kier alpha value is -3.97. The third kappa shape index (κ3) is 3.71.